The molecule has 0 bridgehead atoms. The lowest BCUT2D eigenvalue weighted by Gasteiger charge is -2.22. The Bertz CT molecular complexity index is 268. The maximum atomic E-state index is 11.3. The van der Waals surface area contributed by atoms with E-state index in [0.717, 1.165) is 19.3 Å². The fourth-order valence-electron chi connectivity index (χ4n) is 2.21. The summed E-state index contributed by atoms with van der Waals surface area (Å²) in [4.78, 5) is 0. The van der Waals surface area contributed by atoms with E-state index in [4.69, 9.17) is 0 Å². The lowest BCUT2D eigenvalue weighted by molar-refractivity contribution is 0.421. The standard InChI is InChI=1S/C13H28O4S2/c1-5-10(3)12(18(14)15)8-7-9-13(19(16)17)11(4)6-2/h10-13H,5-9H2,1-4H3,(H,14,15)(H,16,17). The quantitative estimate of drug-likeness (QED) is 0.606. The van der Waals surface area contributed by atoms with Gasteiger partial charge in [0.05, 0.1) is 10.5 Å². The van der Waals surface area contributed by atoms with E-state index in [9.17, 15) is 17.5 Å². The number of rotatable bonds is 10. The van der Waals surface area contributed by atoms with Crippen molar-refractivity contribution in [1.82, 2.24) is 0 Å². The van der Waals surface area contributed by atoms with Gasteiger partial charge < -0.3 is 9.11 Å². The van der Waals surface area contributed by atoms with Crippen molar-refractivity contribution in [3.8, 4) is 0 Å². The molecule has 0 spiro atoms. The lowest BCUT2D eigenvalue weighted by Crippen LogP contribution is -2.26. The van der Waals surface area contributed by atoms with Crippen molar-refractivity contribution >= 4 is 22.2 Å². The predicted octanol–water partition coefficient (Wildman–Crippen LogP) is 3.43. The molecule has 6 atom stereocenters. The molecule has 0 aromatic heterocycles. The molecule has 0 saturated heterocycles. The van der Waals surface area contributed by atoms with Gasteiger partial charge in [-0.15, -0.1) is 0 Å². The van der Waals surface area contributed by atoms with Crippen LogP contribution in [0.4, 0.5) is 0 Å². The summed E-state index contributed by atoms with van der Waals surface area (Å²) in [5, 5.41) is -0.454. The van der Waals surface area contributed by atoms with Crippen molar-refractivity contribution in [2.75, 3.05) is 0 Å². The highest BCUT2D eigenvalue weighted by molar-refractivity contribution is 7.80. The summed E-state index contributed by atoms with van der Waals surface area (Å²) in [6.45, 7) is 7.98. The molecule has 0 fully saturated rings. The molecule has 19 heavy (non-hydrogen) atoms. The maximum absolute atomic E-state index is 11.3. The van der Waals surface area contributed by atoms with E-state index in [1.54, 1.807) is 0 Å². The van der Waals surface area contributed by atoms with Crippen molar-refractivity contribution in [3.63, 3.8) is 0 Å². The monoisotopic (exact) mass is 312 g/mol. The Labute approximate surface area is 122 Å². The predicted molar refractivity (Wildman–Crippen MR) is 81.9 cm³/mol. The molecule has 0 aliphatic carbocycles. The molecule has 6 unspecified atom stereocenters. The van der Waals surface area contributed by atoms with E-state index >= 15 is 0 Å². The zero-order valence-electron chi connectivity index (χ0n) is 12.4. The van der Waals surface area contributed by atoms with Crippen LogP contribution in [0, 0.1) is 11.8 Å². The highest BCUT2D eigenvalue weighted by Gasteiger charge is 2.25. The molecule has 0 heterocycles. The van der Waals surface area contributed by atoms with Crippen molar-refractivity contribution in [3.05, 3.63) is 0 Å². The zero-order valence-corrected chi connectivity index (χ0v) is 14.0. The lowest BCUT2D eigenvalue weighted by atomic mass is 9.96. The third-order valence-corrected chi connectivity index (χ3v) is 6.49. The van der Waals surface area contributed by atoms with E-state index in [0.29, 0.717) is 12.8 Å². The Morgan fingerprint density at radius 2 is 1.16 bits per heavy atom. The minimum absolute atomic E-state index is 0.201. The van der Waals surface area contributed by atoms with Crippen LogP contribution in [0.1, 0.15) is 59.8 Å². The van der Waals surface area contributed by atoms with Gasteiger partial charge in [0.15, 0.2) is 22.2 Å². The largest absolute Gasteiger partial charge is 0.306 e. The van der Waals surface area contributed by atoms with Crippen LogP contribution in [-0.4, -0.2) is 28.0 Å². The Morgan fingerprint density at radius 1 is 0.842 bits per heavy atom. The fourth-order valence-corrected chi connectivity index (χ4v) is 4.13. The Hall–Kier alpha value is 0.220. The molecule has 0 rings (SSSR count). The third kappa shape index (κ3) is 6.97. The second-order valence-electron chi connectivity index (χ2n) is 5.33. The van der Waals surface area contributed by atoms with Gasteiger partial charge >= 0.3 is 0 Å². The fraction of sp³-hybridized carbons (Fsp3) is 1.00. The van der Waals surface area contributed by atoms with Crippen LogP contribution < -0.4 is 0 Å². The summed E-state index contributed by atoms with van der Waals surface area (Å²) < 4.78 is 41.2. The summed E-state index contributed by atoms with van der Waals surface area (Å²) in [5.41, 5.74) is 0. The third-order valence-electron chi connectivity index (χ3n) is 4.05. The first kappa shape index (κ1) is 19.2. The smallest absolute Gasteiger partial charge is 0.156 e. The van der Waals surface area contributed by atoms with E-state index in [2.05, 4.69) is 0 Å². The second-order valence-corrected chi connectivity index (χ2v) is 7.65. The van der Waals surface area contributed by atoms with Gasteiger partial charge in [-0.25, -0.2) is 8.42 Å². The SMILES string of the molecule is CCC(C)C(CCCC(C(C)CC)S(=O)O)S(=O)O. The van der Waals surface area contributed by atoms with E-state index in [1.807, 2.05) is 27.7 Å². The molecule has 0 aliphatic rings. The van der Waals surface area contributed by atoms with Gasteiger partial charge in [0, 0.05) is 0 Å². The van der Waals surface area contributed by atoms with Crippen molar-refractivity contribution in [1.29, 1.82) is 0 Å². The summed E-state index contributed by atoms with van der Waals surface area (Å²) >= 11 is -3.62. The van der Waals surface area contributed by atoms with Crippen molar-refractivity contribution in [2.24, 2.45) is 11.8 Å². The Balaban J connectivity index is 4.37. The molecular weight excluding hydrogens is 284 g/mol. The summed E-state index contributed by atoms with van der Waals surface area (Å²) in [6, 6.07) is 0. The molecule has 0 radical (unpaired) electrons. The van der Waals surface area contributed by atoms with Gasteiger partial charge in [0.2, 0.25) is 0 Å². The normalized spacial score (nSPS) is 21.4. The Kier molecular flexibility index (Phi) is 10.1. The molecule has 0 saturated carbocycles. The first-order chi connectivity index (χ1) is 8.84. The molecule has 0 aliphatic heterocycles. The number of hydrogen-bond donors (Lipinski definition) is 2. The first-order valence-corrected chi connectivity index (χ1v) is 9.38. The van der Waals surface area contributed by atoms with Crippen LogP contribution in [0.3, 0.4) is 0 Å². The summed E-state index contributed by atoms with van der Waals surface area (Å²) in [5.74, 6) is 0.403. The molecule has 6 heteroatoms. The zero-order chi connectivity index (χ0) is 15.0. The van der Waals surface area contributed by atoms with Crippen LogP contribution in [0.25, 0.3) is 0 Å². The van der Waals surface area contributed by atoms with Crippen LogP contribution >= 0.6 is 0 Å². The van der Waals surface area contributed by atoms with Crippen LogP contribution in [0.2, 0.25) is 0 Å². The van der Waals surface area contributed by atoms with E-state index in [1.165, 1.54) is 0 Å². The molecule has 0 aromatic rings. The molecule has 116 valence electrons. The number of hydrogen-bond acceptors (Lipinski definition) is 2. The van der Waals surface area contributed by atoms with Gasteiger partial charge in [0.25, 0.3) is 0 Å². The van der Waals surface area contributed by atoms with E-state index in [-0.39, 0.29) is 22.3 Å². The summed E-state index contributed by atoms with van der Waals surface area (Å²) in [6.07, 6.45) is 3.75. The highest BCUT2D eigenvalue weighted by atomic mass is 32.2. The van der Waals surface area contributed by atoms with Crippen molar-refractivity contribution < 1.29 is 17.5 Å². The van der Waals surface area contributed by atoms with Gasteiger partial charge in [-0.05, 0) is 24.7 Å². The second kappa shape index (κ2) is 10.0. The van der Waals surface area contributed by atoms with Gasteiger partial charge in [-0.1, -0.05) is 47.0 Å². The van der Waals surface area contributed by atoms with Crippen LogP contribution in [0.5, 0.6) is 0 Å². The van der Waals surface area contributed by atoms with E-state index < -0.39 is 22.2 Å². The van der Waals surface area contributed by atoms with Gasteiger partial charge in [-0.2, -0.15) is 0 Å². The average molecular weight is 312 g/mol. The van der Waals surface area contributed by atoms with Crippen molar-refractivity contribution in [2.45, 2.75) is 70.3 Å². The molecule has 0 aromatic carbocycles. The highest BCUT2D eigenvalue weighted by Crippen LogP contribution is 2.23. The minimum atomic E-state index is -1.81. The minimum Gasteiger partial charge on any atom is -0.306 e. The average Bonchev–Trinajstić information content (AvgIpc) is 2.36. The summed E-state index contributed by atoms with van der Waals surface area (Å²) in [7, 11) is 0. The van der Waals surface area contributed by atoms with Crippen LogP contribution in [-0.2, 0) is 22.2 Å². The molecular formula is C13H28O4S2. The maximum Gasteiger partial charge on any atom is 0.156 e. The van der Waals surface area contributed by atoms with Gasteiger partial charge in [0.1, 0.15) is 0 Å². The first-order valence-electron chi connectivity index (χ1n) is 7.04. The topological polar surface area (TPSA) is 74.6 Å². The van der Waals surface area contributed by atoms with Crippen LogP contribution in [0.15, 0.2) is 0 Å². The molecule has 4 nitrogen and oxygen atoms in total. The molecule has 0 amide bonds. The Morgan fingerprint density at radius 3 is 1.37 bits per heavy atom. The molecule has 2 N–H and O–H groups in total. The van der Waals surface area contributed by atoms with Gasteiger partial charge in [-0.3, -0.25) is 0 Å².